The van der Waals surface area contributed by atoms with Crippen LogP contribution in [0.1, 0.15) is 25.3 Å². The smallest absolute Gasteiger partial charge is 0.224 e. The molecule has 1 aromatic rings. The van der Waals surface area contributed by atoms with Gasteiger partial charge in [0.1, 0.15) is 5.75 Å². The molecule has 20 heavy (non-hydrogen) atoms. The molecule has 1 aliphatic rings. The number of amides is 1. The van der Waals surface area contributed by atoms with Gasteiger partial charge in [-0.2, -0.15) is 0 Å². The number of phenols is 1. The van der Waals surface area contributed by atoms with Crippen LogP contribution in [0, 0.1) is 5.92 Å². The molecule has 1 fully saturated rings. The molecular formula is C16H24N2O2. The molecule has 2 rings (SSSR count). The minimum absolute atomic E-state index is 0.0280. The lowest BCUT2D eigenvalue weighted by Gasteiger charge is -2.20. The van der Waals surface area contributed by atoms with Crippen molar-refractivity contribution in [3.63, 3.8) is 0 Å². The van der Waals surface area contributed by atoms with Gasteiger partial charge in [0.2, 0.25) is 5.91 Å². The van der Waals surface area contributed by atoms with E-state index in [9.17, 15) is 9.90 Å². The molecule has 1 aromatic carbocycles. The molecule has 4 nitrogen and oxygen atoms in total. The van der Waals surface area contributed by atoms with E-state index in [1.165, 1.54) is 25.9 Å². The molecule has 1 amide bonds. The average Bonchev–Trinajstić information content (AvgIpc) is 2.92. The van der Waals surface area contributed by atoms with Crippen LogP contribution in [0.4, 0.5) is 0 Å². The van der Waals surface area contributed by atoms with Crippen molar-refractivity contribution in [1.29, 1.82) is 0 Å². The average molecular weight is 276 g/mol. The molecule has 110 valence electrons. The van der Waals surface area contributed by atoms with Gasteiger partial charge in [0.15, 0.2) is 0 Å². The fourth-order valence-corrected chi connectivity index (χ4v) is 2.65. The molecule has 0 radical (unpaired) electrons. The molecule has 0 aromatic heterocycles. The Kier molecular flexibility index (Phi) is 5.41. The molecule has 1 unspecified atom stereocenters. The number of phenolic OH excluding ortho intramolecular Hbond substituents is 1. The van der Waals surface area contributed by atoms with Crippen molar-refractivity contribution in [1.82, 2.24) is 10.2 Å². The van der Waals surface area contributed by atoms with Crippen molar-refractivity contribution in [3.8, 4) is 5.75 Å². The maximum atomic E-state index is 11.9. The summed E-state index contributed by atoms with van der Waals surface area (Å²) in [5.41, 5.74) is 0.678. The first-order chi connectivity index (χ1) is 9.65. The summed E-state index contributed by atoms with van der Waals surface area (Å²) >= 11 is 0. The van der Waals surface area contributed by atoms with Crippen LogP contribution in [0.25, 0.3) is 0 Å². The van der Waals surface area contributed by atoms with Gasteiger partial charge >= 0.3 is 0 Å². The van der Waals surface area contributed by atoms with Crippen molar-refractivity contribution in [2.24, 2.45) is 5.92 Å². The fraction of sp³-hybridized carbons (Fsp3) is 0.562. The number of likely N-dealkylation sites (tertiary alicyclic amines) is 1. The molecule has 1 atom stereocenters. The minimum atomic E-state index is -0.0280. The Balaban J connectivity index is 1.70. The van der Waals surface area contributed by atoms with Crippen molar-refractivity contribution >= 4 is 5.91 Å². The summed E-state index contributed by atoms with van der Waals surface area (Å²) in [7, 11) is 0. The Morgan fingerprint density at radius 3 is 2.75 bits per heavy atom. The third kappa shape index (κ3) is 4.53. The summed E-state index contributed by atoms with van der Waals surface area (Å²) < 4.78 is 0. The highest BCUT2D eigenvalue weighted by Gasteiger charge is 2.15. The highest BCUT2D eigenvalue weighted by molar-refractivity contribution is 5.79. The van der Waals surface area contributed by atoms with Gasteiger partial charge in [0, 0.05) is 18.7 Å². The number of hydrogen-bond donors (Lipinski definition) is 2. The molecule has 1 heterocycles. The lowest BCUT2D eigenvalue weighted by Crippen LogP contribution is -2.35. The van der Waals surface area contributed by atoms with Gasteiger partial charge in [0.05, 0.1) is 6.42 Å². The van der Waals surface area contributed by atoms with Gasteiger partial charge < -0.3 is 15.3 Å². The summed E-state index contributed by atoms with van der Waals surface area (Å²) in [6, 6.07) is 6.98. The number of nitrogens with one attached hydrogen (secondary N) is 1. The maximum Gasteiger partial charge on any atom is 0.224 e. The minimum Gasteiger partial charge on any atom is -0.508 e. The zero-order valence-electron chi connectivity index (χ0n) is 12.1. The number of aromatic hydroxyl groups is 1. The van der Waals surface area contributed by atoms with Gasteiger partial charge in [-0.1, -0.05) is 25.1 Å². The van der Waals surface area contributed by atoms with Crippen molar-refractivity contribution in [3.05, 3.63) is 29.8 Å². The molecule has 0 spiro atoms. The van der Waals surface area contributed by atoms with Crippen LogP contribution in [-0.4, -0.2) is 42.1 Å². The van der Waals surface area contributed by atoms with Gasteiger partial charge in [-0.25, -0.2) is 0 Å². The molecule has 0 aliphatic carbocycles. The quantitative estimate of drug-likeness (QED) is 0.833. The Labute approximate surface area is 120 Å². The summed E-state index contributed by atoms with van der Waals surface area (Å²) in [5.74, 6) is 0.619. The van der Waals surface area contributed by atoms with E-state index in [2.05, 4.69) is 17.1 Å². The predicted octanol–water partition coefficient (Wildman–Crippen LogP) is 1.78. The zero-order valence-corrected chi connectivity index (χ0v) is 12.1. The second-order valence-corrected chi connectivity index (χ2v) is 5.72. The number of para-hydroxylation sites is 1. The van der Waals surface area contributed by atoms with Gasteiger partial charge in [-0.15, -0.1) is 0 Å². The summed E-state index contributed by atoms with van der Waals surface area (Å²) in [4.78, 5) is 14.3. The second-order valence-electron chi connectivity index (χ2n) is 5.72. The largest absolute Gasteiger partial charge is 0.508 e. The van der Waals surface area contributed by atoms with Gasteiger partial charge in [-0.3, -0.25) is 4.79 Å². The number of carbonyl (C=O) groups excluding carboxylic acids is 1. The number of rotatable bonds is 6. The topological polar surface area (TPSA) is 52.6 Å². The van der Waals surface area contributed by atoms with E-state index >= 15 is 0 Å². The number of carbonyl (C=O) groups is 1. The van der Waals surface area contributed by atoms with Crippen LogP contribution in [0.3, 0.4) is 0 Å². The molecular weight excluding hydrogens is 252 g/mol. The molecule has 0 saturated carbocycles. The van der Waals surface area contributed by atoms with Crippen molar-refractivity contribution < 1.29 is 9.90 Å². The number of nitrogens with zero attached hydrogens (tertiary/aromatic N) is 1. The highest BCUT2D eigenvalue weighted by Crippen LogP contribution is 2.16. The Hall–Kier alpha value is -1.55. The number of benzene rings is 1. The lowest BCUT2D eigenvalue weighted by molar-refractivity contribution is -0.120. The first-order valence-electron chi connectivity index (χ1n) is 7.41. The SMILES string of the molecule is CC(CNC(=O)Cc1ccccc1O)CN1CCCC1. The molecule has 1 saturated heterocycles. The Morgan fingerprint density at radius 1 is 1.35 bits per heavy atom. The summed E-state index contributed by atoms with van der Waals surface area (Å²) in [6.45, 7) is 6.30. The van der Waals surface area contributed by atoms with Crippen molar-refractivity contribution in [2.75, 3.05) is 26.2 Å². The predicted molar refractivity (Wildman–Crippen MR) is 79.7 cm³/mol. The highest BCUT2D eigenvalue weighted by atomic mass is 16.3. The lowest BCUT2D eigenvalue weighted by atomic mass is 10.1. The zero-order chi connectivity index (χ0) is 14.4. The second kappa shape index (κ2) is 7.29. The monoisotopic (exact) mass is 276 g/mol. The van der Waals surface area contributed by atoms with Gasteiger partial charge in [0.25, 0.3) is 0 Å². The van der Waals surface area contributed by atoms with E-state index in [1.54, 1.807) is 18.2 Å². The Morgan fingerprint density at radius 2 is 2.05 bits per heavy atom. The first kappa shape index (κ1) is 14.9. The van der Waals surface area contributed by atoms with Gasteiger partial charge in [-0.05, 0) is 37.9 Å². The fourth-order valence-electron chi connectivity index (χ4n) is 2.65. The standard InChI is InChI=1S/C16H24N2O2/c1-13(12-18-8-4-5-9-18)11-17-16(20)10-14-6-2-3-7-15(14)19/h2-3,6-7,13,19H,4-5,8-12H2,1H3,(H,17,20). The summed E-state index contributed by atoms with van der Waals surface area (Å²) in [6.07, 6.45) is 2.84. The van der Waals surface area contributed by atoms with Crippen LogP contribution < -0.4 is 5.32 Å². The molecule has 0 bridgehead atoms. The third-order valence-electron chi connectivity index (χ3n) is 3.76. The van der Waals surface area contributed by atoms with E-state index in [1.807, 2.05) is 6.07 Å². The van der Waals surface area contributed by atoms with E-state index in [4.69, 9.17) is 0 Å². The van der Waals surface area contributed by atoms with Crippen LogP contribution in [0.15, 0.2) is 24.3 Å². The van der Waals surface area contributed by atoms with Crippen LogP contribution >= 0.6 is 0 Å². The maximum absolute atomic E-state index is 11.9. The summed E-state index contributed by atoms with van der Waals surface area (Å²) in [5, 5.41) is 12.6. The molecule has 2 N–H and O–H groups in total. The first-order valence-corrected chi connectivity index (χ1v) is 7.41. The van der Waals surface area contributed by atoms with E-state index in [0.29, 0.717) is 18.0 Å². The third-order valence-corrected chi connectivity index (χ3v) is 3.76. The van der Waals surface area contributed by atoms with Crippen LogP contribution in [0.5, 0.6) is 5.75 Å². The van der Waals surface area contributed by atoms with Crippen LogP contribution in [-0.2, 0) is 11.2 Å². The Bertz CT molecular complexity index is 442. The number of hydrogen-bond acceptors (Lipinski definition) is 3. The van der Waals surface area contributed by atoms with Crippen molar-refractivity contribution in [2.45, 2.75) is 26.2 Å². The normalized spacial score (nSPS) is 17.1. The van der Waals surface area contributed by atoms with Crippen LogP contribution in [0.2, 0.25) is 0 Å². The van der Waals surface area contributed by atoms with E-state index in [-0.39, 0.29) is 18.1 Å². The van der Waals surface area contributed by atoms with E-state index in [0.717, 1.165) is 6.54 Å². The molecule has 4 heteroatoms. The molecule has 1 aliphatic heterocycles. The van der Waals surface area contributed by atoms with E-state index < -0.39 is 0 Å².